The van der Waals surface area contributed by atoms with Crippen molar-refractivity contribution in [2.24, 2.45) is 0 Å². The molecule has 0 atom stereocenters. The summed E-state index contributed by atoms with van der Waals surface area (Å²) in [5, 5.41) is 4.42. The minimum atomic E-state index is 1.04. The Labute approximate surface area is 116 Å². The third kappa shape index (κ3) is 2.02. The lowest BCUT2D eigenvalue weighted by atomic mass is 10.1. The molecule has 0 aliphatic heterocycles. The lowest BCUT2D eigenvalue weighted by molar-refractivity contribution is 1.11. The summed E-state index contributed by atoms with van der Waals surface area (Å²) in [6.07, 6.45) is 3.11. The van der Waals surface area contributed by atoms with Gasteiger partial charge in [0.1, 0.15) is 0 Å². The zero-order valence-corrected chi connectivity index (χ0v) is 12.2. The van der Waals surface area contributed by atoms with E-state index < -0.39 is 0 Å². The Hall–Kier alpha value is -1.81. The third-order valence-electron chi connectivity index (χ3n) is 3.33. The van der Waals surface area contributed by atoms with Crippen LogP contribution in [0.2, 0.25) is 0 Å². The number of aryl methyl sites for hydroxylation is 1. The van der Waals surface area contributed by atoms with Crippen LogP contribution in [-0.4, -0.2) is 24.1 Å². The lowest BCUT2D eigenvalue weighted by Gasteiger charge is -2.05. The first-order chi connectivity index (χ1) is 9.20. The van der Waals surface area contributed by atoms with E-state index in [0.717, 1.165) is 17.2 Å². The molecule has 98 valence electrons. The highest BCUT2D eigenvalue weighted by molar-refractivity contribution is 7.14. The molecule has 3 nitrogen and oxygen atoms in total. The van der Waals surface area contributed by atoms with Gasteiger partial charge in [-0.3, -0.25) is 0 Å². The van der Waals surface area contributed by atoms with Crippen LogP contribution in [0.1, 0.15) is 12.5 Å². The summed E-state index contributed by atoms with van der Waals surface area (Å²) >= 11 is 1.68. The van der Waals surface area contributed by atoms with E-state index >= 15 is 0 Å². The minimum absolute atomic E-state index is 1.04. The van der Waals surface area contributed by atoms with Gasteiger partial charge in [-0.05, 0) is 12.0 Å². The molecular formula is C15H17N3S. The van der Waals surface area contributed by atoms with E-state index in [1.54, 1.807) is 11.3 Å². The van der Waals surface area contributed by atoms with E-state index in [1.165, 1.54) is 22.0 Å². The molecule has 3 aromatic rings. The molecule has 0 unspecified atom stereocenters. The Morgan fingerprint density at radius 2 is 2.16 bits per heavy atom. The van der Waals surface area contributed by atoms with Crippen LogP contribution in [-0.2, 0) is 6.42 Å². The van der Waals surface area contributed by atoms with Crippen LogP contribution in [0.3, 0.4) is 0 Å². The molecule has 3 rings (SSSR count). The van der Waals surface area contributed by atoms with Crippen LogP contribution >= 0.6 is 11.3 Å². The van der Waals surface area contributed by atoms with Crippen LogP contribution in [0.5, 0.6) is 0 Å². The number of nitrogens with one attached hydrogen (secondary N) is 1. The molecule has 2 aromatic heterocycles. The van der Waals surface area contributed by atoms with Gasteiger partial charge >= 0.3 is 0 Å². The Bertz CT molecular complexity index is 709. The number of aromatic nitrogens is 2. The molecule has 1 N–H and O–H groups in total. The van der Waals surface area contributed by atoms with Gasteiger partial charge in [0.2, 0.25) is 0 Å². The predicted octanol–water partition coefficient (Wildman–Crippen LogP) is 3.92. The van der Waals surface area contributed by atoms with Crippen molar-refractivity contribution in [3.63, 3.8) is 0 Å². The van der Waals surface area contributed by atoms with Gasteiger partial charge in [0, 0.05) is 42.1 Å². The number of thiazole rings is 1. The summed E-state index contributed by atoms with van der Waals surface area (Å²) in [5.41, 5.74) is 4.83. The smallest absolute Gasteiger partial charge is 0.185 e. The van der Waals surface area contributed by atoms with Gasteiger partial charge in [-0.1, -0.05) is 25.1 Å². The van der Waals surface area contributed by atoms with Crippen molar-refractivity contribution in [1.29, 1.82) is 0 Å². The van der Waals surface area contributed by atoms with E-state index in [1.807, 2.05) is 19.0 Å². The minimum Gasteiger partial charge on any atom is -0.360 e. The van der Waals surface area contributed by atoms with Crippen LogP contribution in [0.4, 0.5) is 5.13 Å². The Morgan fingerprint density at radius 1 is 1.32 bits per heavy atom. The molecular weight excluding hydrogens is 254 g/mol. The number of aromatic amines is 1. The number of hydrogen-bond donors (Lipinski definition) is 1. The molecule has 0 spiro atoms. The average molecular weight is 271 g/mol. The maximum Gasteiger partial charge on any atom is 0.185 e. The zero-order valence-electron chi connectivity index (χ0n) is 11.4. The number of para-hydroxylation sites is 1. The molecule has 0 radical (unpaired) electrons. The van der Waals surface area contributed by atoms with Gasteiger partial charge < -0.3 is 9.88 Å². The fraction of sp³-hybridized carbons (Fsp3) is 0.267. The highest BCUT2D eigenvalue weighted by Gasteiger charge is 2.12. The fourth-order valence-electron chi connectivity index (χ4n) is 2.32. The second-order valence-corrected chi connectivity index (χ2v) is 5.64. The number of rotatable bonds is 3. The normalized spacial score (nSPS) is 11.1. The summed E-state index contributed by atoms with van der Waals surface area (Å²) < 4.78 is 0. The third-order valence-corrected chi connectivity index (χ3v) is 4.34. The summed E-state index contributed by atoms with van der Waals surface area (Å²) in [5.74, 6) is 0. The molecule has 1 aromatic carbocycles. The van der Waals surface area contributed by atoms with Gasteiger partial charge in [-0.25, -0.2) is 4.98 Å². The van der Waals surface area contributed by atoms with Crippen molar-refractivity contribution in [1.82, 2.24) is 9.97 Å². The SMILES string of the molecule is CCc1cccc2c(-c3csc(N(C)C)n3)c[nH]c12. The van der Waals surface area contributed by atoms with Crippen molar-refractivity contribution < 1.29 is 0 Å². The van der Waals surface area contributed by atoms with Crippen molar-refractivity contribution in [2.45, 2.75) is 13.3 Å². The molecule has 0 amide bonds. The first kappa shape index (κ1) is 12.2. The number of H-pyrrole nitrogens is 1. The first-order valence-corrected chi connectivity index (χ1v) is 7.31. The lowest BCUT2D eigenvalue weighted by Crippen LogP contribution is -2.07. The number of fused-ring (bicyclic) bond motifs is 1. The summed E-state index contributed by atoms with van der Waals surface area (Å²) in [6.45, 7) is 2.18. The van der Waals surface area contributed by atoms with Gasteiger partial charge in [-0.2, -0.15) is 0 Å². The van der Waals surface area contributed by atoms with E-state index in [9.17, 15) is 0 Å². The van der Waals surface area contributed by atoms with Crippen molar-refractivity contribution in [2.75, 3.05) is 19.0 Å². The molecule has 2 heterocycles. The molecule has 0 aliphatic carbocycles. The molecule has 0 aliphatic rings. The molecule has 0 bridgehead atoms. The largest absolute Gasteiger partial charge is 0.360 e. The maximum absolute atomic E-state index is 4.68. The Morgan fingerprint density at radius 3 is 2.84 bits per heavy atom. The van der Waals surface area contributed by atoms with Gasteiger partial charge in [0.25, 0.3) is 0 Å². The van der Waals surface area contributed by atoms with Crippen LogP contribution in [0, 0.1) is 0 Å². The number of nitrogens with zero attached hydrogens (tertiary/aromatic N) is 2. The number of benzene rings is 1. The van der Waals surface area contributed by atoms with E-state index in [4.69, 9.17) is 0 Å². The first-order valence-electron chi connectivity index (χ1n) is 6.43. The monoisotopic (exact) mass is 271 g/mol. The van der Waals surface area contributed by atoms with Crippen LogP contribution in [0.25, 0.3) is 22.2 Å². The zero-order chi connectivity index (χ0) is 13.4. The number of hydrogen-bond acceptors (Lipinski definition) is 3. The highest BCUT2D eigenvalue weighted by Crippen LogP contribution is 2.32. The summed E-state index contributed by atoms with van der Waals surface area (Å²) in [6, 6.07) is 6.46. The Kier molecular flexibility index (Phi) is 3.03. The number of anilines is 1. The van der Waals surface area contributed by atoms with E-state index in [2.05, 4.69) is 46.7 Å². The van der Waals surface area contributed by atoms with Crippen molar-refractivity contribution >= 4 is 27.4 Å². The average Bonchev–Trinajstić information content (AvgIpc) is 3.04. The van der Waals surface area contributed by atoms with Crippen LogP contribution in [0.15, 0.2) is 29.8 Å². The molecule has 0 saturated heterocycles. The summed E-state index contributed by atoms with van der Waals surface area (Å²) in [4.78, 5) is 10.1. The van der Waals surface area contributed by atoms with Crippen LogP contribution < -0.4 is 4.90 Å². The van der Waals surface area contributed by atoms with Gasteiger partial charge in [-0.15, -0.1) is 11.3 Å². The Balaban J connectivity index is 2.14. The second-order valence-electron chi connectivity index (χ2n) is 4.81. The van der Waals surface area contributed by atoms with E-state index in [0.29, 0.717) is 0 Å². The highest BCUT2D eigenvalue weighted by atomic mass is 32.1. The molecule has 4 heteroatoms. The standard InChI is InChI=1S/C15H17N3S/c1-4-10-6-5-7-11-12(8-16-14(10)11)13-9-19-15(17-13)18(2)3/h5-9,16H,4H2,1-3H3. The quantitative estimate of drug-likeness (QED) is 0.783. The predicted molar refractivity (Wildman–Crippen MR) is 83.1 cm³/mol. The molecule has 0 fully saturated rings. The van der Waals surface area contributed by atoms with Crippen molar-refractivity contribution in [3.05, 3.63) is 35.3 Å². The topological polar surface area (TPSA) is 31.9 Å². The van der Waals surface area contributed by atoms with Gasteiger partial charge in [0.05, 0.1) is 5.69 Å². The second kappa shape index (κ2) is 4.70. The summed E-state index contributed by atoms with van der Waals surface area (Å²) in [7, 11) is 4.04. The van der Waals surface area contributed by atoms with Crippen molar-refractivity contribution in [3.8, 4) is 11.3 Å². The fourth-order valence-corrected chi connectivity index (χ4v) is 3.08. The van der Waals surface area contributed by atoms with Gasteiger partial charge in [0.15, 0.2) is 5.13 Å². The van der Waals surface area contributed by atoms with E-state index in [-0.39, 0.29) is 0 Å². The molecule has 0 saturated carbocycles. The molecule has 19 heavy (non-hydrogen) atoms. The maximum atomic E-state index is 4.68.